The Kier molecular flexibility index (Phi) is 6.71. The molecule has 18 heteroatoms. The summed E-state index contributed by atoms with van der Waals surface area (Å²) in [5.74, 6) is -0.997. The van der Waals surface area contributed by atoms with Crippen molar-refractivity contribution < 1.29 is 38.7 Å². The van der Waals surface area contributed by atoms with Gasteiger partial charge in [-0.1, -0.05) is 6.07 Å². The largest absolute Gasteiger partial charge is 0.324 e. The molecule has 0 fully saturated rings. The van der Waals surface area contributed by atoms with Gasteiger partial charge >= 0.3 is 6.08 Å². The number of hydrogen-bond donors (Lipinski definition) is 5. The van der Waals surface area contributed by atoms with Gasteiger partial charge in [0.05, 0.1) is 22.5 Å². The fourth-order valence-electron chi connectivity index (χ4n) is 2.58. The number of benzene rings is 2. The molecule has 0 bridgehead atoms. The predicted octanol–water partition coefficient (Wildman–Crippen LogP) is 1.36. The third-order valence-corrected chi connectivity index (χ3v) is 6.17. The number of nitrogens with one attached hydrogen (secondary N) is 3. The van der Waals surface area contributed by atoms with Gasteiger partial charge in [0.1, 0.15) is 4.90 Å². The van der Waals surface area contributed by atoms with Gasteiger partial charge in [0, 0.05) is 5.69 Å². The van der Waals surface area contributed by atoms with Gasteiger partial charge in [-0.3, -0.25) is 13.8 Å². The van der Waals surface area contributed by atoms with Gasteiger partial charge in [-0.05, 0) is 36.4 Å². The molecule has 0 aliphatic rings. The average Bonchev–Trinajstić information content (AvgIpc) is 2.64. The molecule has 3 rings (SSSR count). The first-order chi connectivity index (χ1) is 15.6. The predicted molar refractivity (Wildman–Crippen MR) is 117 cm³/mol. The highest BCUT2D eigenvalue weighted by Gasteiger charge is 2.21. The van der Waals surface area contributed by atoms with Crippen LogP contribution in [-0.4, -0.2) is 55.6 Å². The minimum atomic E-state index is -4.88. The first-order valence-corrected chi connectivity index (χ1v) is 13.5. The third-order valence-electron chi connectivity index (χ3n) is 3.80. The Morgan fingerprint density at radius 3 is 2.00 bits per heavy atom. The van der Waals surface area contributed by atoms with Gasteiger partial charge in [0.2, 0.25) is 21.9 Å². The molecule has 0 radical (unpaired) electrons. The summed E-state index contributed by atoms with van der Waals surface area (Å²) in [6, 6.07) is 7.83. The Balaban J connectivity index is 1.97. The molecule has 0 atom stereocenters. The zero-order valence-electron chi connectivity index (χ0n) is 16.8. The van der Waals surface area contributed by atoms with Gasteiger partial charge in [0.25, 0.3) is 20.2 Å². The minimum Gasteiger partial charge on any atom is -0.324 e. The number of nitrogens with zero attached hydrogens (tertiary/aromatic N) is 3. The first-order valence-electron chi connectivity index (χ1n) is 8.73. The number of rotatable bonds is 8. The summed E-state index contributed by atoms with van der Waals surface area (Å²) in [5.41, 5.74) is -0.175. The highest BCUT2D eigenvalue weighted by molar-refractivity contribution is 7.92. The Morgan fingerprint density at radius 1 is 0.794 bits per heavy atom. The molecule has 0 aliphatic heterocycles. The van der Waals surface area contributed by atoms with Crippen molar-refractivity contribution in [1.29, 1.82) is 0 Å². The summed E-state index contributed by atoms with van der Waals surface area (Å²) >= 11 is 0. The van der Waals surface area contributed by atoms with E-state index in [2.05, 4.69) is 30.3 Å². The molecule has 0 unspecified atom stereocenters. The summed E-state index contributed by atoms with van der Waals surface area (Å²) < 4.78 is 104. The summed E-state index contributed by atoms with van der Waals surface area (Å²) in [6.07, 6.45) is -0.380. The smallest absolute Gasteiger partial charge is 0.315 e. The summed E-state index contributed by atoms with van der Waals surface area (Å²) in [7, 11) is -13.2. The molecular weight excluding hydrogens is 519 g/mol. The number of sulfonamides is 1. The quantitative estimate of drug-likeness (QED) is 0.258. The molecule has 0 aliphatic carbocycles. The number of anilines is 5. The van der Waals surface area contributed by atoms with E-state index >= 15 is 0 Å². The topological polar surface area (TPSA) is 218 Å². The van der Waals surface area contributed by atoms with Crippen LogP contribution >= 0.6 is 0 Å². The van der Waals surface area contributed by atoms with Crippen molar-refractivity contribution >= 4 is 59.2 Å². The monoisotopic (exact) mass is 534 g/mol. The van der Waals surface area contributed by atoms with Crippen molar-refractivity contribution in [2.75, 3.05) is 21.6 Å². The van der Waals surface area contributed by atoms with Crippen molar-refractivity contribution in [3.8, 4) is 0 Å². The fourth-order valence-corrected chi connectivity index (χ4v) is 4.27. The van der Waals surface area contributed by atoms with E-state index in [1.807, 2.05) is 0 Å². The summed E-state index contributed by atoms with van der Waals surface area (Å²) in [4.78, 5) is 9.04. The Bertz CT molecular complexity index is 1580. The lowest BCUT2D eigenvalue weighted by Gasteiger charge is -2.12. The number of hydrogen-bond acceptors (Lipinski definition) is 11. The first kappa shape index (κ1) is 25.2. The Morgan fingerprint density at radius 2 is 1.41 bits per heavy atom. The highest BCUT2D eigenvalue weighted by Crippen LogP contribution is 2.27. The van der Waals surface area contributed by atoms with Crippen molar-refractivity contribution in [3.05, 3.63) is 48.5 Å². The van der Waals surface area contributed by atoms with Crippen molar-refractivity contribution in [2.24, 2.45) is 0 Å². The van der Waals surface area contributed by atoms with Gasteiger partial charge in [0.15, 0.2) is 0 Å². The number of halogens is 1. The van der Waals surface area contributed by atoms with Crippen LogP contribution in [0.15, 0.2) is 52.3 Å². The molecule has 14 nitrogen and oxygen atoms in total. The van der Waals surface area contributed by atoms with Crippen molar-refractivity contribution in [2.45, 2.75) is 9.79 Å². The molecule has 5 N–H and O–H groups in total. The van der Waals surface area contributed by atoms with E-state index in [1.54, 1.807) is 0 Å². The van der Waals surface area contributed by atoms with E-state index in [4.69, 9.17) is 0 Å². The highest BCUT2D eigenvalue weighted by atomic mass is 32.2. The molecule has 1 aromatic heterocycles. The standard InChI is InChI=1S/C16H15FN6O8S3/c1-32(24,25)23-10-4-2-3-9(7-10)18-15-20-14(17)21-16(22-15)19-12-8-11(33(26,27)28)5-6-13(12)34(29,30)31/h2-8,23H,1H3,(H,26,27,28)(H,29,30,31)(H2,18,19,20,21,22). The van der Waals surface area contributed by atoms with Crippen LogP contribution in [0.25, 0.3) is 0 Å². The molecule has 0 spiro atoms. The molecule has 182 valence electrons. The zero-order valence-corrected chi connectivity index (χ0v) is 19.3. The lowest BCUT2D eigenvalue weighted by atomic mass is 10.3. The Labute approximate surface area is 192 Å². The van der Waals surface area contributed by atoms with E-state index in [9.17, 15) is 38.7 Å². The van der Waals surface area contributed by atoms with Gasteiger partial charge < -0.3 is 10.6 Å². The van der Waals surface area contributed by atoms with E-state index < -0.39 is 63.7 Å². The molecule has 0 amide bonds. The van der Waals surface area contributed by atoms with Crippen LogP contribution in [0.1, 0.15) is 0 Å². The van der Waals surface area contributed by atoms with E-state index in [1.165, 1.54) is 24.3 Å². The second-order valence-corrected chi connectivity index (χ2v) is 11.1. The molecule has 2 aromatic carbocycles. The van der Waals surface area contributed by atoms with Crippen LogP contribution in [0.3, 0.4) is 0 Å². The maximum absolute atomic E-state index is 14.0. The van der Waals surface area contributed by atoms with E-state index in [-0.39, 0.29) is 11.4 Å². The molecule has 0 saturated carbocycles. The van der Waals surface area contributed by atoms with Crippen molar-refractivity contribution in [1.82, 2.24) is 15.0 Å². The molecule has 1 heterocycles. The van der Waals surface area contributed by atoms with Crippen LogP contribution < -0.4 is 15.4 Å². The second-order valence-electron chi connectivity index (χ2n) is 6.56. The normalized spacial score (nSPS) is 12.2. The van der Waals surface area contributed by atoms with Crippen LogP contribution in [0, 0.1) is 6.08 Å². The lowest BCUT2D eigenvalue weighted by molar-refractivity contribution is 0.479. The maximum Gasteiger partial charge on any atom is 0.315 e. The lowest BCUT2D eigenvalue weighted by Crippen LogP contribution is -2.10. The van der Waals surface area contributed by atoms with Crippen LogP contribution in [-0.2, 0) is 30.3 Å². The molecule has 3 aromatic rings. The summed E-state index contributed by atoms with van der Waals surface area (Å²) in [6.45, 7) is 0. The van der Waals surface area contributed by atoms with Gasteiger partial charge in [-0.2, -0.15) is 36.2 Å². The Hall–Kier alpha value is -3.45. The molecular formula is C16H15FN6O8S3. The maximum atomic E-state index is 14.0. The van der Waals surface area contributed by atoms with E-state index in [0.717, 1.165) is 12.3 Å². The number of aromatic nitrogens is 3. The zero-order chi connectivity index (χ0) is 25.3. The fraction of sp³-hybridized carbons (Fsp3) is 0.0625. The minimum absolute atomic E-state index is 0.181. The average molecular weight is 535 g/mol. The van der Waals surface area contributed by atoms with Crippen LogP contribution in [0.2, 0.25) is 0 Å². The summed E-state index contributed by atoms with van der Waals surface area (Å²) in [5, 5.41) is 4.85. The van der Waals surface area contributed by atoms with Gasteiger partial charge in [-0.25, -0.2) is 8.42 Å². The third kappa shape index (κ3) is 6.78. The SMILES string of the molecule is CS(=O)(=O)Nc1cccc(Nc2nc(F)nc(Nc3cc(S(=O)(=O)O)ccc3S(=O)(=O)O)n2)c1. The van der Waals surface area contributed by atoms with Crippen LogP contribution in [0.4, 0.5) is 33.3 Å². The van der Waals surface area contributed by atoms with E-state index in [0.29, 0.717) is 12.1 Å². The molecule has 34 heavy (non-hydrogen) atoms. The van der Waals surface area contributed by atoms with Crippen molar-refractivity contribution in [3.63, 3.8) is 0 Å². The van der Waals surface area contributed by atoms with Crippen LogP contribution in [0.5, 0.6) is 0 Å². The molecule has 0 saturated heterocycles. The second kappa shape index (κ2) is 9.06. The van der Waals surface area contributed by atoms with Gasteiger partial charge in [-0.15, -0.1) is 0 Å².